The summed E-state index contributed by atoms with van der Waals surface area (Å²) in [7, 11) is 0. The first-order valence-electron chi connectivity index (χ1n) is 9.88. The maximum Gasteiger partial charge on any atom is 0.408 e. The Morgan fingerprint density at radius 2 is 1.81 bits per heavy atom. The van der Waals surface area contributed by atoms with Crippen LogP contribution in [0.2, 0.25) is 0 Å². The van der Waals surface area contributed by atoms with Crippen LogP contribution in [0.4, 0.5) is 4.79 Å². The predicted molar refractivity (Wildman–Crippen MR) is 119 cm³/mol. The van der Waals surface area contributed by atoms with Gasteiger partial charge in [-0.2, -0.15) is 5.10 Å². The first-order valence-corrected chi connectivity index (χ1v) is 9.88. The number of carbonyl (C=O) groups excluding carboxylic acids is 2. The number of hydrogen-bond acceptors (Lipinski definition) is 6. The first-order chi connectivity index (χ1) is 14.8. The van der Waals surface area contributed by atoms with Crippen LogP contribution in [0.3, 0.4) is 0 Å². The average molecular weight is 419 g/mol. The Morgan fingerprint density at radius 1 is 1.06 bits per heavy atom. The van der Waals surface area contributed by atoms with Gasteiger partial charge in [0.1, 0.15) is 11.6 Å². The summed E-state index contributed by atoms with van der Waals surface area (Å²) in [6.07, 6.45) is 4.33. The van der Waals surface area contributed by atoms with Gasteiger partial charge in [0.25, 0.3) is 5.91 Å². The molecule has 1 heterocycles. The van der Waals surface area contributed by atoms with Crippen LogP contribution in [0.15, 0.2) is 66.0 Å². The van der Waals surface area contributed by atoms with Crippen molar-refractivity contribution in [3.05, 3.63) is 72.1 Å². The van der Waals surface area contributed by atoms with Crippen molar-refractivity contribution in [2.24, 2.45) is 5.10 Å². The Labute approximate surface area is 180 Å². The van der Waals surface area contributed by atoms with Crippen molar-refractivity contribution in [1.82, 2.24) is 20.7 Å². The van der Waals surface area contributed by atoms with Gasteiger partial charge in [0, 0.05) is 24.4 Å². The molecular formula is C23H25N5O3. The number of hydrogen-bond donors (Lipinski definition) is 2. The van der Waals surface area contributed by atoms with E-state index in [-0.39, 0.29) is 0 Å². The fourth-order valence-electron chi connectivity index (χ4n) is 2.87. The number of benzene rings is 2. The molecule has 0 aliphatic rings. The molecule has 0 aliphatic heterocycles. The number of aromatic nitrogens is 2. The summed E-state index contributed by atoms with van der Waals surface area (Å²) in [6.45, 7) is 5.28. The second kappa shape index (κ2) is 9.80. The standard InChI is InChI=1S/C23H25N5O3/c1-23(2,3)31-22(30)27-19(14-16-8-5-4-6-9-16)21(29)28-26-15-17-10-7-11-18-20(17)25-13-12-24-18/h4-13,15,19H,14H2,1-3H3,(H,27,30)(H,28,29). The van der Waals surface area contributed by atoms with E-state index in [9.17, 15) is 9.59 Å². The maximum absolute atomic E-state index is 12.8. The lowest BCUT2D eigenvalue weighted by molar-refractivity contribution is -0.123. The predicted octanol–water partition coefficient (Wildman–Crippen LogP) is 3.22. The summed E-state index contributed by atoms with van der Waals surface area (Å²) in [6, 6.07) is 14.0. The number of alkyl carbamates (subject to hydrolysis) is 1. The number of ether oxygens (including phenoxy) is 1. The highest BCUT2D eigenvalue weighted by molar-refractivity contribution is 5.96. The second-order valence-corrected chi connectivity index (χ2v) is 7.89. The molecule has 8 nitrogen and oxygen atoms in total. The molecule has 1 aromatic heterocycles. The summed E-state index contributed by atoms with van der Waals surface area (Å²) in [5.41, 5.74) is 4.83. The van der Waals surface area contributed by atoms with Crippen LogP contribution in [0.5, 0.6) is 0 Å². The van der Waals surface area contributed by atoms with Gasteiger partial charge in [-0.05, 0) is 32.4 Å². The van der Waals surface area contributed by atoms with Gasteiger partial charge in [-0.3, -0.25) is 14.8 Å². The molecule has 0 radical (unpaired) electrons. The first kappa shape index (κ1) is 21.9. The summed E-state index contributed by atoms with van der Waals surface area (Å²) in [4.78, 5) is 33.6. The molecule has 160 valence electrons. The van der Waals surface area contributed by atoms with Crippen LogP contribution < -0.4 is 10.7 Å². The number of rotatable bonds is 6. The van der Waals surface area contributed by atoms with Crippen molar-refractivity contribution in [1.29, 1.82) is 0 Å². The summed E-state index contributed by atoms with van der Waals surface area (Å²) >= 11 is 0. The molecule has 1 unspecified atom stereocenters. The normalized spacial score (nSPS) is 12.5. The fourth-order valence-corrected chi connectivity index (χ4v) is 2.87. The van der Waals surface area contributed by atoms with Crippen molar-refractivity contribution in [2.45, 2.75) is 38.8 Å². The summed E-state index contributed by atoms with van der Waals surface area (Å²) in [5, 5.41) is 6.68. The van der Waals surface area contributed by atoms with Gasteiger partial charge < -0.3 is 10.1 Å². The molecule has 8 heteroatoms. The Kier molecular flexibility index (Phi) is 6.92. The van der Waals surface area contributed by atoms with E-state index in [1.54, 1.807) is 33.2 Å². The fraction of sp³-hybridized carbons (Fsp3) is 0.261. The third kappa shape index (κ3) is 6.60. The topological polar surface area (TPSA) is 106 Å². The lowest BCUT2D eigenvalue weighted by Gasteiger charge is -2.23. The van der Waals surface area contributed by atoms with Crippen LogP contribution in [0, 0.1) is 0 Å². The van der Waals surface area contributed by atoms with E-state index < -0.39 is 23.6 Å². The van der Waals surface area contributed by atoms with E-state index in [4.69, 9.17) is 4.74 Å². The number of nitrogens with zero attached hydrogens (tertiary/aromatic N) is 3. The Hall–Kier alpha value is -3.81. The number of nitrogens with one attached hydrogen (secondary N) is 2. The highest BCUT2D eigenvalue weighted by Gasteiger charge is 2.24. The molecule has 31 heavy (non-hydrogen) atoms. The lowest BCUT2D eigenvalue weighted by atomic mass is 10.1. The Bertz CT molecular complexity index is 1070. The highest BCUT2D eigenvalue weighted by Crippen LogP contribution is 2.12. The van der Waals surface area contributed by atoms with Crippen LogP contribution in [-0.2, 0) is 16.0 Å². The zero-order valence-electron chi connectivity index (χ0n) is 17.7. The maximum atomic E-state index is 12.8. The molecule has 1 atom stereocenters. The van der Waals surface area contributed by atoms with Crippen molar-refractivity contribution in [3.63, 3.8) is 0 Å². The second-order valence-electron chi connectivity index (χ2n) is 7.89. The minimum Gasteiger partial charge on any atom is -0.444 e. The van der Waals surface area contributed by atoms with Gasteiger partial charge in [-0.1, -0.05) is 42.5 Å². The molecular weight excluding hydrogens is 394 g/mol. The monoisotopic (exact) mass is 419 g/mol. The smallest absolute Gasteiger partial charge is 0.408 e. The minimum atomic E-state index is -0.860. The Morgan fingerprint density at radius 3 is 2.55 bits per heavy atom. The number of carbonyl (C=O) groups is 2. The van der Waals surface area contributed by atoms with E-state index in [1.807, 2.05) is 48.5 Å². The van der Waals surface area contributed by atoms with Crippen LogP contribution in [-0.4, -0.2) is 39.8 Å². The number of para-hydroxylation sites is 1. The molecule has 2 N–H and O–H groups in total. The van der Waals surface area contributed by atoms with Crippen LogP contribution in [0.1, 0.15) is 31.9 Å². The number of hydrazone groups is 1. The van der Waals surface area contributed by atoms with Crippen LogP contribution in [0.25, 0.3) is 11.0 Å². The van der Waals surface area contributed by atoms with Crippen molar-refractivity contribution < 1.29 is 14.3 Å². The molecule has 0 spiro atoms. The zero-order chi connectivity index (χ0) is 22.3. The molecule has 0 fully saturated rings. The SMILES string of the molecule is CC(C)(C)OC(=O)NC(Cc1ccccc1)C(=O)NN=Cc1cccc2nccnc12. The van der Waals surface area contributed by atoms with Gasteiger partial charge in [0.2, 0.25) is 0 Å². The van der Waals surface area contributed by atoms with Gasteiger partial charge in [0.05, 0.1) is 17.2 Å². The molecule has 3 rings (SSSR count). The third-order valence-electron chi connectivity index (χ3n) is 4.20. The van der Waals surface area contributed by atoms with E-state index in [2.05, 4.69) is 25.8 Å². The molecule has 3 aromatic rings. The molecule has 0 aliphatic carbocycles. The quantitative estimate of drug-likeness (QED) is 0.471. The largest absolute Gasteiger partial charge is 0.444 e. The molecule has 0 saturated heterocycles. The van der Waals surface area contributed by atoms with E-state index in [1.165, 1.54) is 6.21 Å². The minimum absolute atomic E-state index is 0.293. The molecule has 2 aromatic carbocycles. The summed E-state index contributed by atoms with van der Waals surface area (Å²) in [5.74, 6) is -0.461. The van der Waals surface area contributed by atoms with Gasteiger partial charge in [-0.15, -0.1) is 0 Å². The lowest BCUT2D eigenvalue weighted by Crippen LogP contribution is -2.48. The third-order valence-corrected chi connectivity index (χ3v) is 4.20. The van der Waals surface area contributed by atoms with Crippen molar-refractivity contribution in [3.8, 4) is 0 Å². The van der Waals surface area contributed by atoms with E-state index in [0.29, 0.717) is 17.5 Å². The van der Waals surface area contributed by atoms with Crippen molar-refractivity contribution >= 4 is 29.2 Å². The summed E-state index contributed by atoms with van der Waals surface area (Å²) < 4.78 is 5.29. The zero-order valence-corrected chi connectivity index (χ0v) is 17.7. The van der Waals surface area contributed by atoms with Gasteiger partial charge in [0.15, 0.2) is 0 Å². The van der Waals surface area contributed by atoms with Gasteiger partial charge >= 0.3 is 6.09 Å². The van der Waals surface area contributed by atoms with Crippen LogP contribution >= 0.6 is 0 Å². The van der Waals surface area contributed by atoms with E-state index >= 15 is 0 Å². The Balaban J connectivity index is 1.72. The number of amides is 2. The van der Waals surface area contributed by atoms with Crippen molar-refractivity contribution in [2.75, 3.05) is 0 Å². The molecule has 2 amide bonds. The molecule has 0 bridgehead atoms. The average Bonchev–Trinajstić information content (AvgIpc) is 2.73. The van der Waals surface area contributed by atoms with E-state index in [0.717, 1.165) is 11.1 Å². The van der Waals surface area contributed by atoms with Gasteiger partial charge in [-0.25, -0.2) is 10.2 Å². The number of fused-ring (bicyclic) bond motifs is 1. The highest BCUT2D eigenvalue weighted by atomic mass is 16.6. The molecule has 0 saturated carbocycles.